The van der Waals surface area contributed by atoms with E-state index in [2.05, 4.69) is 32.3 Å². The van der Waals surface area contributed by atoms with Crippen molar-refractivity contribution in [3.63, 3.8) is 0 Å². The third kappa shape index (κ3) is 2.91. The molecule has 1 aromatic heterocycles. The van der Waals surface area contributed by atoms with E-state index in [0.717, 1.165) is 20.7 Å². The van der Waals surface area contributed by atoms with Gasteiger partial charge in [-0.05, 0) is 46.3 Å². The number of fused-ring (bicyclic) bond motifs is 1. The van der Waals surface area contributed by atoms with Crippen LogP contribution in [0.5, 0.6) is 0 Å². The van der Waals surface area contributed by atoms with Crippen molar-refractivity contribution in [2.75, 3.05) is 5.32 Å². The molecule has 2 aromatic carbocycles. The van der Waals surface area contributed by atoms with Gasteiger partial charge >= 0.3 is 0 Å². The fourth-order valence-corrected chi connectivity index (χ4v) is 3.11. The molecule has 5 heteroatoms. The molecule has 0 aliphatic carbocycles. The summed E-state index contributed by atoms with van der Waals surface area (Å²) in [4.78, 5) is 4.58. The van der Waals surface area contributed by atoms with Crippen LogP contribution < -0.4 is 5.32 Å². The summed E-state index contributed by atoms with van der Waals surface area (Å²) >= 11 is 11.1. The molecule has 1 N–H and O–H groups in total. The van der Waals surface area contributed by atoms with Gasteiger partial charge in [0.1, 0.15) is 5.01 Å². The van der Waals surface area contributed by atoms with Crippen LogP contribution in [0.1, 0.15) is 5.01 Å². The summed E-state index contributed by atoms with van der Waals surface area (Å²) in [6.45, 7) is 0.706. The van der Waals surface area contributed by atoms with E-state index >= 15 is 0 Å². The Hall–Kier alpha value is -1.10. The Morgan fingerprint density at radius 3 is 2.84 bits per heavy atom. The Kier molecular flexibility index (Phi) is 3.73. The summed E-state index contributed by atoms with van der Waals surface area (Å²) in [5, 5.41) is 5.11. The molecule has 0 aliphatic heterocycles. The Bertz CT molecular complexity index is 693. The first kappa shape index (κ1) is 12.9. The van der Waals surface area contributed by atoms with E-state index < -0.39 is 0 Å². The fraction of sp³-hybridized carbons (Fsp3) is 0.0714. The molecule has 3 rings (SSSR count). The van der Waals surface area contributed by atoms with Gasteiger partial charge in [0.15, 0.2) is 0 Å². The van der Waals surface area contributed by atoms with Crippen LogP contribution in [0.15, 0.2) is 46.9 Å². The second kappa shape index (κ2) is 5.49. The van der Waals surface area contributed by atoms with Crippen molar-refractivity contribution in [2.45, 2.75) is 6.54 Å². The zero-order valence-corrected chi connectivity index (χ0v) is 13.0. The van der Waals surface area contributed by atoms with Crippen molar-refractivity contribution in [1.29, 1.82) is 0 Å². The second-order valence-corrected chi connectivity index (χ2v) is 6.43. The number of hydrogen-bond acceptors (Lipinski definition) is 3. The van der Waals surface area contributed by atoms with E-state index in [0.29, 0.717) is 11.6 Å². The van der Waals surface area contributed by atoms with Gasteiger partial charge in [0.05, 0.1) is 21.8 Å². The number of nitrogens with one attached hydrogen (secondary N) is 1. The van der Waals surface area contributed by atoms with Crippen LogP contribution in [-0.2, 0) is 6.54 Å². The summed E-state index contributed by atoms with van der Waals surface area (Å²) in [6.07, 6.45) is 0. The number of para-hydroxylation sites is 1. The maximum atomic E-state index is 6.06. The molecule has 0 aliphatic rings. The SMILES string of the molecule is Clc1cc(NCc2nc3ccccc3s2)ccc1Br. The molecule has 0 fully saturated rings. The van der Waals surface area contributed by atoms with Gasteiger partial charge in [-0.25, -0.2) is 4.98 Å². The zero-order valence-electron chi connectivity index (χ0n) is 9.86. The number of hydrogen-bond donors (Lipinski definition) is 1. The highest BCUT2D eigenvalue weighted by molar-refractivity contribution is 9.10. The highest BCUT2D eigenvalue weighted by Gasteiger charge is 2.03. The van der Waals surface area contributed by atoms with Crippen molar-refractivity contribution in [1.82, 2.24) is 4.98 Å². The van der Waals surface area contributed by atoms with Gasteiger partial charge < -0.3 is 5.32 Å². The average Bonchev–Trinajstić information content (AvgIpc) is 2.83. The summed E-state index contributed by atoms with van der Waals surface area (Å²) in [5.74, 6) is 0. The molecular formula is C14H10BrClN2S. The minimum atomic E-state index is 0.703. The monoisotopic (exact) mass is 352 g/mol. The van der Waals surface area contributed by atoms with E-state index in [9.17, 15) is 0 Å². The van der Waals surface area contributed by atoms with Crippen LogP contribution in [0.4, 0.5) is 5.69 Å². The normalized spacial score (nSPS) is 10.8. The largest absolute Gasteiger partial charge is 0.378 e. The predicted octanol–water partition coefficient (Wildman–Crippen LogP) is 5.32. The molecule has 2 nitrogen and oxygen atoms in total. The number of anilines is 1. The zero-order chi connectivity index (χ0) is 13.2. The number of benzene rings is 2. The first-order valence-corrected chi connectivity index (χ1v) is 7.74. The van der Waals surface area contributed by atoms with Crippen molar-refractivity contribution >= 4 is 54.8 Å². The van der Waals surface area contributed by atoms with Gasteiger partial charge in [-0.2, -0.15) is 0 Å². The van der Waals surface area contributed by atoms with Crippen molar-refractivity contribution in [2.24, 2.45) is 0 Å². The van der Waals surface area contributed by atoms with Crippen molar-refractivity contribution in [3.05, 3.63) is 57.0 Å². The first-order chi connectivity index (χ1) is 9.22. The summed E-state index contributed by atoms with van der Waals surface area (Å²) < 4.78 is 2.12. The Labute approximate surface area is 128 Å². The van der Waals surface area contributed by atoms with E-state index in [1.165, 1.54) is 4.70 Å². The van der Waals surface area contributed by atoms with Crippen LogP contribution in [0.25, 0.3) is 10.2 Å². The van der Waals surface area contributed by atoms with Crippen LogP contribution in [0.2, 0.25) is 5.02 Å². The van der Waals surface area contributed by atoms with E-state index in [1.807, 2.05) is 36.4 Å². The van der Waals surface area contributed by atoms with E-state index in [1.54, 1.807) is 11.3 Å². The molecule has 0 atom stereocenters. The summed E-state index contributed by atoms with van der Waals surface area (Å²) in [5.41, 5.74) is 2.05. The second-order valence-electron chi connectivity index (χ2n) is 4.06. The molecule has 3 aromatic rings. The minimum Gasteiger partial charge on any atom is -0.378 e. The lowest BCUT2D eigenvalue weighted by atomic mass is 10.3. The molecule has 0 radical (unpaired) electrons. The summed E-state index contributed by atoms with van der Waals surface area (Å²) in [7, 11) is 0. The Morgan fingerprint density at radius 2 is 2.05 bits per heavy atom. The summed E-state index contributed by atoms with van der Waals surface area (Å²) in [6, 6.07) is 14.0. The molecular weight excluding hydrogens is 344 g/mol. The van der Waals surface area contributed by atoms with Crippen LogP contribution in [0.3, 0.4) is 0 Å². The molecule has 0 unspecified atom stereocenters. The molecule has 0 spiro atoms. The lowest BCUT2D eigenvalue weighted by Crippen LogP contribution is -1.98. The standard InChI is InChI=1S/C14H10BrClN2S/c15-10-6-5-9(7-11(10)16)17-8-14-18-12-3-1-2-4-13(12)19-14/h1-7,17H,8H2. The molecule has 0 bridgehead atoms. The maximum Gasteiger partial charge on any atom is 0.113 e. The smallest absolute Gasteiger partial charge is 0.113 e. The molecule has 0 saturated heterocycles. The topological polar surface area (TPSA) is 24.9 Å². The van der Waals surface area contributed by atoms with Gasteiger partial charge in [-0.1, -0.05) is 23.7 Å². The quantitative estimate of drug-likeness (QED) is 0.689. The third-order valence-corrected chi connectivity index (χ3v) is 4.97. The number of aromatic nitrogens is 1. The van der Waals surface area contributed by atoms with Gasteiger partial charge in [-0.15, -0.1) is 11.3 Å². The number of halogens is 2. The Morgan fingerprint density at radius 1 is 1.21 bits per heavy atom. The Balaban J connectivity index is 1.76. The lowest BCUT2D eigenvalue weighted by molar-refractivity contribution is 1.12. The van der Waals surface area contributed by atoms with Crippen LogP contribution >= 0.6 is 38.9 Å². The molecule has 96 valence electrons. The van der Waals surface area contributed by atoms with Crippen LogP contribution in [0, 0.1) is 0 Å². The molecule has 1 heterocycles. The lowest BCUT2D eigenvalue weighted by Gasteiger charge is -2.05. The first-order valence-electron chi connectivity index (χ1n) is 5.76. The van der Waals surface area contributed by atoms with Crippen molar-refractivity contribution in [3.8, 4) is 0 Å². The molecule has 0 amide bonds. The number of nitrogens with zero attached hydrogens (tertiary/aromatic N) is 1. The van der Waals surface area contributed by atoms with Gasteiger partial charge in [-0.3, -0.25) is 0 Å². The third-order valence-electron chi connectivity index (χ3n) is 2.70. The van der Waals surface area contributed by atoms with Gasteiger partial charge in [0.2, 0.25) is 0 Å². The highest BCUT2D eigenvalue weighted by atomic mass is 79.9. The van der Waals surface area contributed by atoms with E-state index in [4.69, 9.17) is 11.6 Å². The number of rotatable bonds is 3. The van der Waals surface area contributed by atoms with Gasteiger partial charge in [0, 0.05) is 10.2 Å². The van der Waals surface area contributed by atoms with Gasteiger partial charge in [0.25, 0.3) is 0 Å². The van der Waals surface area contributed by atoms with Crippen molar-refractivity contribution < 1.29 is 0 Å². The molecule has 0 saturated carbocycles. The fourth-order valence-electron chi connectivity index (χ4n) is 1.78. The van der Waals surface area contributed by atoms with E-state index in [-0.39, 0.29) is 0 Å². The minimum absolute atomic E-state index is 0.703. The van der Waals surface area contributed by atoms with Crippen LogP contribution in [-0.4, -0.2) is 4.98 Å². The average molecular weight is 354 g/mol. The highest BCUT2D eigenvalue weighted by Crippen LogP contribution is 2.26. The maximum absolute atomic E-state index is 6.06. The number of thiazole rings is 1. The molecule has 19 heavy (non-hydrogen) atoms. The predicted molar refractivity (Wildman–Crippen MR) is 86.1 cm³/mol.